The number of carbonyl (C=O) groups excluding carboxylic acids is 1. The molecule has 0 aliphatic carbocycles. The van der Waals surface area contributed by atoms with Gasteiger partial charge in [0.05, 0.1) is 23.7 Å². The Morgan fingerprint density at radius 1 is 1.35 bits per heavy atom. The van der Waals surface area contributed by atoms with Crippen molar-refractivity contribution in [2.75, 3.05) is 24.1 Å². The van der Waals surface area contributed by atoms with Crippen LogP contribution in [0.4, 0.5) is 5.69 Å². The number of hydrogen-bond acceptors (Lipinski definition) is 4. The number of rotatable bonds is 4. The third-order valence-electron chi connectivity index (χ3n) is 4.60. The minimum Gasteiger partial charge on any atom is -0.339 e. The monoisotopic (exact) mass is 396 g/mol. The van der Waals surface area contributed by atoms with Crippen molar-refractivity contribution < 1.29 is 13.2 Å². The van der Waals surface area contributed by atoms with Gasteiger partial charge in [0, 0.05) is 23.8 Å². The first kappa shape index (κ1) is 18.7. The number of aromatic nitrogens is 2. The highest BCUT2D eigenvalue weighted by Gasteiger charge is 2.27. The van der Waals surface area contributed by atoms with Gasteiger partial charge < -0.3 is 4.90 Å². The van der Waals surface area contributed by atoms with E-state index in [1.165, 1.54) is 17.7 Å². The SMILES string of the molecule is Cc1[nH]ncc1C1CCN(C(=O)c2cc(Cl)ccc2NS(C)(=O)=O)CC1. The molecule has 1 aliphatic heterocycles. The summed E-state index contributed by atoms with van der Waals surface area (Å²) >= 11 is 6.02. The molecule has 7 nitrogen and oxygen atoms in total. The Morgan fingerprint density at radius 3 is 2.62 bits per heavy atom. The molecule has 0 bridgehead atoms. The number of piperidine rings is 1. The van der Waals surface area contributed by atoms with Gasteiger partial charge in [0.2, 0.25) is 10.0 Å². The first-order valence-corrected chi connectivity index (χ1v) is 10.6. The van der Waals surface area contributed by atoms with Crippen LogP contribution >= 0.6 is 11.6 Å². The number of H-pyrrole nitrogens is 1. The summed E-state index contributed by atoms with van der Waals surface area (Å²) in [7, 11) is -3.49. The second-order valence-electron chi connectivity index (χ2n) is 6.58. The van der Waals surface area contributed by atoms with Crippen LogP contribution in [0.15, 0.2) is 24.4 Å². The summed E-state index contributed by atoms with van der Waals surface area (Å²) < 4.78 is 25.5. The molecule has 1 saturated heterocycles. The largest absolute Gasteiger partial charge is 0.339 e. The zero-order chi connectivity index (χ0) is 18.9. The number of aryl methyl sites for hydroxylation is 1. The van der Waals surface area contributed by atoms with Crippen LogP contribution in [0.3, 0.4) is 0 Å². The number of anilines is 1. The van der Waals surface area contributed by atoms with E-state index in [2.05, 4.69) is 14.9 Å². The molecule has 1 aromatic heterocycles. The molecule has 1 aromatic carbocycles. The molecule has 0 radical (unpaired) electrons. The number of likely N-dealkylation sites (tertiary alicyclic amines) is 1. The average molecular weight is 397 g/mol. The number of nitrogens with one attached hydrogen (secondary N) is 2. The molecule has 0 saturated carbocycles. The molecule has 1 fully saturated rings. The number of carbonyl (C=O) groups is 1. The van der Waals surface area contributed by atoms with Crippen molar-refractivity contribution in [1.82, 2.24) is 15.1 Å². The van der Waals surface area contributed by atoms with Crippen LogP contribution < -0.4 is 4.72 Å². The molecule has 2 aromatic rings. The maximum Gasteiger partial charge on any atom is 0.256 e. The van der Waals surface area contributed by atoms with Gasteiger partial charge in [0.1, 0.15) is 0 Å². The zero-order valence-corrected chi connectivity index (χ0v) is 16.2. The fraction of sp³-hybridized carbons (Fsp3) is 0.412. The molecule has 3 rings (SSSR count). The number of amides is 1. The Kier molecular flexibility index (Phi) is 5.24. The van der Waals surface area contributed by atoms with Gasteiger partial charge in [0.15, 0.2) is 0 Å². The van der Waals surface area contributed by atoms with E-state index in [0.29, 0.717) is 24.0 Å². The van der Waals surface area contributed by atoms with E-state index < -0.39 is 10.0 Å². The predicted molar refractivity (Wildman–Crippen MR) is 101 cm³/mol. The minimum absolute atomic E-state index is 0.221. The van der Waals surface area contributed by atoms with E-state index in [4.69, 9.17) is 11.6 Å². The summed E-state index contributed by atoms with van der Waals surface area (Å²) in [5, 5.41) is 7.40. The molecule has 2 heterocycles. The van der Waals surface area contributed by atoms with Crippen LogP contribution in [-0.2, 0) is 10.0 Å². The van der Waals surface area contributed by atoms with Gasteiger partial charge in [0.25, 0.3) is 5.91 Å². The number of sulfonamides is 1. The van der Waals surface area contributed by atoms with Gasteiger partial charge >= 0.3 is 0 Å². The molecule has 0 spiro atoms. The Morgan fingerprint density at radius 2 is 2.04 bits per heavy atom. The predicted octanol–water partition coefficient (Wildman–Crippen LogP) is 2.76. The van der Waals surface area contributed by atoms with Crippen LogP contribution in [0.5, 0.6) is 0 Å². The summed E-state index contributed by atoms with van der Waals surface area (Å²) in [5.74, 6) is 0.145. The van der Waals surface area contributed by atoms with Crippen molar-refractivity contribution >= 4 is 33.2 Å². The van der Waals surface area contributed by atoms with E-state index >= 15 is 0 Å². The van der Waals surface area contributed by atoms with Crippen LogP contribution in [0.25, 0.3) is 0 Å². The van der Waals surface area contributed by atoms with Crippen molar-refractivity contribution in [3.05, 3.63) is 46.2 Å². The number of halogens is 1. The van der Waals surface area contributed by atoms with Gasteiger partial charge in [-0.3, -0.25) is 14.6 Å². The van der Waals surface area contributed by atoms with Crippen molar-refractivity contribution in [3.8, 4) is 0 Å². The fourth-order valence-electron chi connectivity index (χ4n) is 3.32. The summed E-state index contributed by atoms with van der Waals surface area (Å²) in [5.41, 5.74) is 2.76. The lowest BCUT2D eigenvalue weighted by Crippen LogP contribution is -2.38. The number of nitrogens with zero attached hydrogens (tertiary/aromatic N) is 2. The van der Waals surface area contributed by atoms with Gasteiger partial charge in [-0.05, 0) is 49.4 Å². The lowest BCUT2D eigenvalue weighted by atomic mass is 9.89. The Hall–Kier alpha value is -2.06. The van der Waals surface area contributed by atoms with E-state index in [-0.39, 0.29) is 17.2 Å². The quantitative estimate of drug-likeness (QED) is 0.830. The standard InChI is InChI=1S/C17H21ClN4O3S/c1-11-15(10-19-20-11)12-5-7-22(8-6-12)17(23)14-9-13(18)3-4-16(14)21-26(2,24)25/h3-4,9-10,12,21H,5-8H2,1-2H3,(H,19,20). The van der Waals surface area contributed by atoms with Crippen LogP contribution in [0, 0.1) is 6.92 Å². The van der Waals surface area contributed by atoms with E-state index in [9.17, 15) is 13.2 Å². The average Bonchev–Trinajstić information content (AvgIpc) is 3.01. The van der Waals surface area contributed by atoms with Crippen LogP contribution in [0.1, 0.15) is 40.4 Å². The first-order chi connectivity index (χ1) is 12.2. The summed E-state index contributed by atoms with van der Waals surface area (Å²) in [6.45, 7) is 3.19. The molecule has 9 heteroatoms. The van der Waals surface area contributed by atoms with Gasteiger partial charge in [-0.15, -0.1) is 0 Å². The van der Waals surface area contributed by atoms with E-state index in [0.717, 1.165) is 24.8 Å². The van der Waals surface area contributed by atoms with Gasteiger partial charge in [-0.25, -0.2) is 8.42 Å². The maximum atomic E-state index is 12.9. The molecule has 140 valence electrons. The van der Waals surface area contributed by atoms with Crippen LogP contribution in [-0.4, -0.2) is 48.8 Å². The van der Waals surface area contributed by atoms with Gasteiger partial charge in [-0.1, -0.05) is 11.6 Å². The number of hydrogen-bond donors (Lipinski definition) is 2. The van der Waals surface area contributed by atoms with E-state index in [1.807, 2.05) is 13.1 Å². The second kappa shape index (κ2) is 7.28. The molecular weight excluding hydrogens is 376 g/mol. The highest BCUT2D eigenvalue weighted by molar-refractivity contribution is 7.92. The highest BCUT2D eigenvalue weighted by Crippen LogP contribution is 2.31. The Bertz CT molecular complexity index is 918. The Labute approximate surface area is 157 Å². The summed E-state index contributed by atoms with van der Waals surface area (Å²) in [4.78, 5) is 14.7. The third kappa shape index (κ3) is 4.19. The fourth-order valence-corrected chi connectivity index (χ4v) is 4.07. The lowest BCUT2D eigenvalue weighted by molar-refractivity contribution is 0.0714. The highest BCUT2D eigenvalue weighted by atomic mass is 35.5. The molecule has 1 aliphatic rings. The second-order valence-corrected chi connectivity index (χ2v) is 8.77. The van der Waals surface area contributed by atoms with E-state index in [1.54, 1.807) is 11.0 Å². The van der Waals surface area contributed by atoms with Crippen LogP contribution in [0.2, 0.25) is 5.02 Å². The molecular formula is C17H21ClN4O3S. The third-order valence-corrected chi connectivity index (χ3v) is 5.42. The summed E-state index contributed by atoms with van der Waals surface area (Å²) in [6.07, 6.45) is 4.57. The smallest absolute Gasteiger partial charge is 0.256 e. The van der Waals surface area contributed by atoms with Crippen molar-refractivity contribution in [3.63, 3.8) is 0 Å². The normalized spacial score (nSPS) is 15.9. The number of aromatic amines is 1. The minimum atomic E-state index is -3.49. The van der Waals surface area contributed by atoms with Crippen molar-refractivity contribution in [1.29, 1.82) is 0 Å². The first-order valence-electron chi connectivity index (χ1n) is 8.31. The van der Waals surface area contributed by atoms with Gasteiger partial charge in [-0.2, -0.15) is 5.10 Å². The molecule has 0 unspecified atom stereocenters. The van der Waals surface area contributed by atoms with Crippen molar-refractivity contribution in [2.45, 2.75) is 25.7 Å². The lowest BCUT2D eigenvalue weighted by Gasteiger charge is -2.32. The Balaban J connectivity index is 1.76. The van der Waals surface area contributed by atoms with Crippen molar-refractivity contribution in [2.24, 2.45) is 0 Å². The zero-order valence-electron chi connectivity index (χ0n) is 14.6. The molecule has 1 amide bonds. The topological polar surface area (TPSA) is 95.2 Å². The molecule has 26 heavy (non-hydrogen) atoms. The summed E-state index contributed by atoms with van der Waals surface area (Å²) in [6, 6.07) is 4.57. The number of benzene rings is 1. The molecule has 2 N–H and O–H groups in total. The molecule has 0 atom stereocenters. The maximum absolute atomic E-state index is 12.9.